The van der Waals surface area contributed by atoms with Gasteiger partial charge < -0.3 is 5.11 Å². The second-order valence-corrected chi connectivity index (χ2v) is 3.74. The molecule has 0 spiro atoms. The molecule has 0 aliphatic rings. The molecule has 0 aliphatic heterocycles. The Morgan fingerprint density at radius 3 is 2.50 bits per heavy atom. The first-order valence-electron chi connectivity index (χ1n) is 4.32. The summed E-state index contributed by atoms with van der Waals surface area (Å²) in [6.07, 6.45) is 6.28. The van der Waals surface area contributed by atoms with Gasteiger partial charge in [0.25, 0.3) is 0 Å². The second-order valence-electron chi connectivity index (χ2n) is 3.74. The van der Waals surface area contributed by atoms with Crippen LogP contribution in [0.15, 0.2) is 17.3 Å². The second kappa shape index (κ2) is 5.09. The molecule has 0 rings (SSSR count). The van der Waals surface area contributed by atoms with E-state index in [1.54, 1.807) is 12.4 Å². The quantitative estimate of drug-likeness (QED) is 0.644. The smallest absolute Gasteiger partial charge is 0.0597 e. The van der Waals surface area contributed by atoms with Crippen molar-refractivity contribution in [2.45, 2.75) is 39.7 Å². The predicted molar refractivity (Wildman–Crippen MR) is 53.4 cm³/mol. The number of nitrogens with zero attached hydrogens (tertiary/aromatic N) is 1. The summed E-state index contributed by atoms with van der Waals surface area (Å²) >= 11 is 0. The highest BCUT2D eigenvalue weighted by atomic mass is 16.3. The minimum atomic E-state index is -0.584. The van der Waals surface area contributed by atoms with Crippen molar-refractivity contribution < 1.29 is 5.11 Å². The standard InChI is InChI=1S/C10H19NO/c1-5-11-7-6-9(2)8-10(3,4)12/h5-7,9,12H,8H2,1-4H3/b7-6-,11-5-. The van der Waals surface area contributed by atoms with Crippen LogP contribution in [-0.2, 0) is 0 Å². The van der Waals surface area contributed by atoms with Gasteiger partial charge in [0, 0.05) is 12.4 Å². The SMILES string of the molecule is C/C=N\C=C/C(C)CC(C)(C)O. The van der Waals surface area contributed by atoms with E-state index in [2.05, 4.69) is 11.9 Å². The minimum absolute atomic E-state index is 0.369. The van der Waals surface area contributed by atoms with Gasteiger partial charge in [-0.2, -0.15) is 0 Å². The van der Waals surface area contributed by atoms with Crippen LogP contribution in [0, 0.1) is 5.92 Å². The highest BCUT2D eigenvalue weighted by molar-refractivity contribution is 5.54. The van der Waals surface area contributed by atoms with Gasteiger partial charge in [-0.25, -0.2) is 0 Å². The Bertz CT molecular complexity index is 165. The Morgan fingerprint density at radius 1 is 1.50 bits per heavy atom. The fourth-order valence-electron chi connectivity index (χ4n) is 1.14. The topological polar surface area (TPSA) is 32.6 Å². The van der Waals surface area contributed by atoms with Crippen molar-refractivity contribution in [2.75, 3.05) is 0 Å². The molecule has 0 fully saturated rings. The zero-order valence-electron chi connectivity index (χ0n) is 8.41. The predicted octanol–water partition coefficient (Wildman–Crippen LogP) is 2.39. The summed E-state index contributed by atoms with van der Waals surface area (Å²) in [6.45, 7) is 7.59. The van der Waals surface area contributed by atoms with Crippen molar-refractivity contribution in [1.29, 1.82) is 0 Å². The fraction of sp³-hybridized carbons (Fsp3) is 0.700. The van der Waals surface area contributed by atoms with Gasteiger partial charge in [-0.3, -0.25) is 4.99 Å². The summed E-state index contributed by atoms with van der Waals surface area (Å²) < 4.78 is 0. The molecule has 2 nitrogen and oxygen atoms in total. The van der Waals surface area contributed by atoms with Gasteiger partial charge in [0.1, 0.15) is 0 Å². The maximum absolute atomic E-state index is 9.47. The van der Waals surface area contributed by atoms with E-state index in [0.29, 0.717) is 5.92 Å². The molecule has 0 radical (unpaired) electrons. The van der Waals surface area contributed by atoms with Crippen LogP contribution in [-0.4, -0.2) is 16.9 Å². The highest BCUT2D eigenvalue weighted by Gasteiger charge is 2.14. The van der Waals surface area contributed by atoms with Crippen LogP contribution in [0.25, 0.3) is 0 Å². The van der Waals surface area contributed by atoms with E-state index in [1.807, 2.05) is 26.8 Å². The molecule has 1 atom stereocenters. The van der Waals surface area contributed by atoms with Gasteiger partial charge in [-0.15, -0.1) is 0 Å². The molecule has 2 heteroatoms. The summed E-state index contributed by atoms with van der Waals surface area (Å²) in [7, 11) is 0. The van der Waals surface area contributed by atoms with Crippen LogP contribution in [0.4, 0.5) is 0 Å². The molecule has 0 aromatic carbocycles. The molecule has 12 heavy (non-hydrogen) atoms. The molecule has 70 valence electrons. The van der Waals surface area contributed by atoms with Crippen molar-refractivity contribution >= 4 is 6.21 Å². The van der Waals surface area contributed by atoms with E-state index < -0.39 is 5.60 Å². The van der Waals surface area contributed by atoms with E-state index in [1.165, 1.54) is 0 Å². The maximum Gasteiger partial charge on any atom is 0.0597 e. The van der Waals surface area contributed by atoms with Gasteiger partial charge in [0.2, 0.25) is 0 Å². The number of hydrogen-bond acceptors (Lipinski definition) is 2. The number of allylic oxidation sites excluding steroid dienone is 1. The van der Waals surface area contributed by atoms with Crippen molar-refractivity contribution in [3.63, 3.8) is 0 Å². The van der Waals surface area contributed by atoms with Crippen LogP contribution in [0.1, 0.15) is 34.1 Å². The largest absolute Gasteiger partial charge is 0.390 e. The summed E-state index contributed by atoms with van der Waals surface area (Å²) in [5.41, 5.74) is -0.584. The van der Waals surface area contributed by atoms with E-state index >= 15 is 0 Å². The molecule has 0 heterocycles. The van der Waals surface area contributed by atoms with Gasteiger partial charge >= 0.3 is 0 Å². The zero-order chi connectivity index (χ0) is 9.61. The van der Waals surface area contributed by atoms with E-state index in [-0.39, 0.29) is 0 Å². The molecule has 0 bridgehead atoms. The Balaban J connectivity index is 3.81. The highest BCUT2D eigenvalue weighted by Crippen LogP contribution is 2.16. The first-order chi connectivity index (χ1) is 5.45. The lowest BCUT2D eigenvalue weighted by atomic mass is 9.95. The first kappa shape index (κ1) is 11.4. The maximum atomic E-state index is 9.47. The molecular formula is C10H19NO. The Morgan fingerprint density at radius 2 is 2.08 bits per heavy atom. The first-order valence-corrected chi connectivity index (χ1v) is 4.32. The van der Waals surface area contributed by atoms with E-state index in [0.717, 1.165) is 6.42 Å². The zero-order valence-corrected chi connectivity index (χ0v) is 8.41. The van der Waals surface area contributed by atoms with Crippen molar-refractivity contribution in [3.05, 3.63) is 12.3 Å². The van der Waals surface area contributed by atoms with Crippen LogP contribution < -0.4 is 0 Å². The van der Waals surface area contributed by atoms with Gasteiger partial charge in [-0.05, 0) is 33.1 Å². The van der Waals surface area contributed by atoms with Crippen LogP contribution in [0.3, 0.4) is 0 Å². The molecule has 0 aliphatic carbocycles. The van der Waals surface area contributed by atoms with Gasteiger partial charge in [0.05, 0.1) is 5.60 Å². The summed E-state index contributed by atoms with van der Waals surface area (Å²) in [6, 6.07) is 0. The molecule has 0 aromatic heterocycles. The normalized spacial score (nSPS) is 16.1. The van der Waals surface area contributed by atoms with Gasteiger partial charge in [-0.1, -0.05) is 13.0 Å². The van der Waals surface area contributed by atoms with Crippen molar-refractivity contribution in [3.8, 4) is 0 Å². The Labute approximate surface area is 75.0 Å². The Kier molecular flexibility index (Phi) is 4.83. The minimum Gasteiger partial charge on any atom is -0.390 e. The average molecular weight is 169 g/mol. The van der Waals surface area contributed by atoms with E-state index in [4.69, 9.17) is 0 Å². The van der Waals surface area contributed by atoms with E-state index in [9.17, 15) is 5.11 Å². The summed E-state index contributed by atoms with van der Waals surface area (Å²) in [5, 5.41) is 9.47. The molecule has 0 amide bonds. The third-order valence-electron chi connectivity index (χ3n) is 1.47. The average Bonchev–Trinajstić information content (AvgIpc) is 1.84. The third-order valence-corrected chi connectivity index (χ3v) is 1.47. The number of aliphatic hydroxyl groups is 1. The van der Waals surface area contributed by atoms with Gasteiger partial charge in [0.15, 0.2) is 0 Å². The lowest BCUT2D eigenvalue weighted by molar-refractivity contribution is 0.0613. The summed E-state index contributed by atoms with van der Waals surface area (Å²) in [4.78, 5) is 3.95. The lowest BCUT2D eigenvalue weighted by Crippen LogP contribution is -2.21. The van der Waals surface area contributed by atoms with Crippen LogP contribution in [0.5, 0.6) is 0 Å². The van der Waals surface area contributed by atoms with Crippen molar-refractivity contribution in [1.82, 2.24) is 0 Å². The number of aliphatic imine (C=N–C) groups is 1. The molecular weight excluding hydrogens is 150 g/mol. The molecule has 0 aromatic rings. The molecule has 1 unspecified atom stereocenters. The number of rotatable bonds is 4. The molecule has 0 saturated heterocycles. The van der Waals surface area contributed by atoms with Crippen molar-refractivity contribution in [2.24, 2.45) is 10.9 Å². The summed E-state index contributed by atoms with van der Waals surface area (Å²) in [5.74, 6) is 0.369. The third kappa shape index (κ3) is 7.48. The number of hydrogen-bond donors (Lipinski definition) is 1. The van der Waals surface area contributed by atoms with Crippen LogP contribution in [0.2, 0.25) is 0 Å². The van der Waals surface area contributed by atoms with Crippen LogP contribution >= 0.6 is 0 Å². The molecule has 1 N–H and O–H groups in total. The fourth-order valence-corrected chi connectivity index (χ4v) is 1.14. The monoisotopic (exact) mass is 169 g/mol. The molecule has 0 saturated carbocycles. The Hall–Kier alpha value is -0.630. The lowest BCUT2D eigenvalue weighted by Gasteiger charge is -2.19.